The summed E-state index contributed by atoms with van der Waals surface area (Å²) in [6.07, 6.45) is 38.4. The van der Waals surface area contributed by atoms with E-state index < -0.39 is 0 Å². The molecule has 5 rings (SSSR count). The number of hydrogen-bond donors (Lipinski definition) is 1. The molecule has 0 spiro atoms. The van der Waals surface area contributed by atoms with Crippen molar-refractivity contribution in [1.82, 2.24) is 9.80 Å². The van der Waals surface area contributed by atoms with Gasteiger partial charge in [0.15, 0.2) is 0 Å². The summed E-state index contributed by atoms with van der Waals surface area (Å²) in [5, 5.41) is 9.24. The van der Waals surface area contributed by atoms with Gasteiger partial charge in [-0.15, -0.1) is 0 Å². The van der Waals surface area contributed by atoms with Crippen LogP contribution < -0.4 is 0 Å². The molecule has 1 aliphatic heterocycles. The van der Waals surface area contributed by atoms with E-state index in [1.807, 2.05) is 94.8 Å². The predicted octanol–water partition coefficient (Wildman–Crippen LogP) is 3.37. The molecular weight excluding hydrogens is 532 g/mol. The van der Waals surface area contributed by atoms with Gasteiger partial charge in [-0.05, 0) is 146 Å². The fraction of sp³-hybridized carbons (Fsp3) is 0.300. The Labute approximate surface area is 244 Å². The summed E-state index contributed by atoms with van der Waals surface area (Å²) < 4.78 is 0. The van der Waals surface area contributed by atoms with Crippen LogP contribution >= 0.6 is 0 Å². The molecule has 4 nitrogen and oxygen atoms in total. The fourth-order valence-electron chi connectivity index (χ4n) is 4.02. The molecule has 0 bridgehead atoms. The van der Waals surface area contributed by atoms with Crippen LogP contribution in [0.3, 0.4) is 0 Å². The molecule has 0 aromatic carbocycles. The number of likely N-dealkylation sites (tertiary alicyclic amines) is 1. The Bertz CT molecular complexity index is 480. The normalized spacial score (nSPS) is 22.9. The topological polar surface area (TPSA) is 43.8 Å². The average molecular weight is 568 g/mol. The molecule has 5 aliphatic rings. The number of nitrogens with zero attached hydrogens (tertiary/aromatic N) is 2. The molecule has 1 amide bonds. The summed E-state index contributed by atoms with van der Waals surface area (Å²) >= 11 is 0. The Hall–Kier alpha value is 0.429. The Balaban J connectivity index is 0.000000448. The monoisotopic (exact) mass is 568 g/mol. The zero-order valence-electron chi connectivity index (χ0n) is 20.6. The molecule has 6 heteroatoms. The van der Waals surface area contributed by atoms with Crippen LogP contribution in [0.5, 0.6) is 0 Å². The maximum absolute atomic E-state index is 12.7. The minimum absolute atomic E-state index is 0. The van der Waals surface area contributed by atoms with E-state index >= 15 is 0 Å². The third kappa shape index (κ3) is 14.0. The third-order valence-corrected chi connectivity index (χ3v) is 5.97. The van der Waals surface area contributed by atoms with Gasteiger partial charge in [-0.3, -0.25) is 9.69 Å². The molecule has 0 unspecified atom stereocenters. The van der Waals surface area contributed by atoms with Crippen molar-refractivity contribution in [2.24, 2.45) is 5.92 Å². The van der Waals surface area contributed by atoms with Crippen molar-refractivity contribution in [3.8, 4) is 0 Å². The summed E-state index contributed by atoms with van der Waals surface area (Å²) in [5.74, 6) is 3.05. The van der Waals surface area contributed by atoms with Crippen molar-refractivity contribution in [2.75, 3.05) is 39.3 Å². The maximum atomic E-state index is 12.7. The van der Waals surface area contributed by atoms with Gasteiger partial charge >= 0.3 is 34.1 Å². The van der Waals surface area contributed by atoms with Gasteiger partial charge in [-0.1, -0.05) is 0 Å². The molecule has 1 N–H and O–H groups in total. The predicted molar refractivity (Wildman–Crippen MR) is 137 cm³/mol. The van der Waals surface area contributed by atoms with E-state index in [0.717, 1.165) is 39.0 Å². The van der Waals surface area contributed by atoms with Crippen LogP contribution in [-0.4, -0.2) is 60.1 Å². The van der Waals surface area contributed by atoms with Crippen LogP contribution in [0.2, 0.25) is 0 Å². The van der Waals surface area contributed by atoms with Gasteiger partial charge in [0, 0.05) is 32.8 Å². The number of carbonyl (C=O) groups excluding carboxylic acids is 1. The standard InChI is InChI=1S/C20H26N2O2.2C5H5.2Fe/c23-16-19-9-11-22(12-10-19)20(24)15-21(13-17-5-1-2-6-17)14-18-7-3-4-8-18;2*1-2-4-5-3-1;;/h1-8,19,23H,9-16H2;2*1-5H;;/q;;;2*+2. The quantitative estimate of drug-likeness (QED) is 0.480. The number of piperidine rings is 1. The molecule has 20 radical (unpaired) electrons. The van der Waals surface area contributed by atoms with Gasteiger partial charge in [0.05, 0.1) is 6.54 Å². The first kappa shape index (κ1) is 34.5. The molecule has 4 aliphatic carbocycles. The van der Waals surface area contributed by atoms with Gasteiger partial charge in [0.25, 0.3) is 0 Å². The Kier molecular flexibility index (Phi) is 20.4. The maximum Gasteiger partial charge on any atom is 2.00 e. The first-order valence-corrected chi connectivity index (χ1v) is 12.1. The SMILES string of the molecule is O=C(CN(C[C]1[CH][CH][CH][CH]1)C[C]1[CH][CH][CH][CH]1)N1CCC(CO)CC1.[CH]1[CH][CH][CH][CH]1.[CH]1[CH][CH][CH][CH]1.[Fe+2].[Fe+2]. The number of rotatable bonds is 7. The molecule has 5 fully saturated rings. The van der Waals surface area contributed by atoms with E-state index in [0.29, 0.717) is 12.5 Å². The van der Waals surface area contributed by atoms with E-state index in [1.54, 1.807) is 0 Å². The van der Waals surface area contributed by atoms with E-state index in [2.05, 4.69) is 30.6 Å². The van der Waals surface area contributed by atoms with Crippen molar-refractivity contribution in [3.63, 3.8) is 0 Å². The minimum atomic E-state index is 0. The molecular formula is C30H36Fe2N2O2+4. The van der Waals surface area contributed by atoms with E-state index in [-0.39, 0.29) is 46.7 Å². The molecule has 0 aromatic rings. The van der Waals surface area contributed by atoms with E-state index in [4.69, 9.17) is 0 Å². The van der Waals surface area contributed by atoms with Crippen molar-refractivity contribution in [3.05, 3.63) is 127 Å². The van der Waals surface area contributed by atoms with Crippen molar-refractivity contribution >= 4 is 5.91 Å². The number of hydrogen-bond acceptors (Lipinski definition) is 3. The number of aliphatic hydroxyl groups is 1. The smallest absolute Gasteiger partial charge is 0.396 e. The second kappa shape index (κ2) is 21.3. The van der Waals surface area contributed by atoms with Crippen LogP contribution in [0.15, 0.2) is 0 Å². The second-order valence-corrected chi connectivity index (χ2v) is 8.66. The third-order valence-electron chi connectivity index (χ3n) is 5.97. The molecule has 4 saturated carbocycles. The summed E-state index contributed by atoms with van der Waals surface area (Å²) in [6, 6.07) is 0. The Morgan fingerprint density at radius 1 is 0.694 bits per heavy atom. The van der Waals surface area contributed by atoms with Gasteiger partial charge in [0.2, 0.25) is 5.91 Å². The number of amides is 1. The van der Waals surface area contributed by atoms with Crippen LogP contribution in [0.4, 0.5) is 0 Å². The van der Waals surface area contributed by atoms with E-state index in [1.165, 1.54) is 11.8 Å². The summed E-state index contributed by atoms with van der Waals surface area (Å²) in [7, 11) is 0. The van der Waals surface area contributed by atoms with Crippen LogP contribution in [0.1, 0.15) is 12.8 Å². The fourth-order valence-corrected chi connectivity index (χ4v) is 4.02. The molecule has 190 valence electrons. The second-order valence-electron chi connectivity index (χ2n) is 8.66. The van der Waals surface area contributed by atoms with Gasteiger partial charge in [-0.25, -0.2) is 0 Å². The largest absolute Gasteiger partial charge is 2.00 e. The van der Waals surface area contributed by atoms with Crippen molar-refractivity contribution in [1.29, 1.82) is 0 Å². The number of aliphatic hydroxyl groups excluding tert-OH is 1. The zero-order chi connectivity index (χ0) is 23.8. The molecule has 0 aromatic heterocycles. The summed E-state index contributed by atoms with van der Waals surface area (Å²) in [4.78, 5) is 16.8. The van der Waals surface area contributed by atoms with Gasteiger partial charge in [0.1, 0.15) is 0 Å². The van der Waals surface area contributed by atoms with Gasteiger partial charge < -0.3 is 10.0 Å². The zero-order valence-corrected chi connectivity index (χ0v) is 22.8. The number of carbonyl (C=O) groups is 1. The van der Waals surface area contributed by atoms with Crippen LogP contribution in [0, 0.1) is 133 Å². The first-order chi connectivity index (χ1) is 16.7. The van der Waals surface area contributed by atoms with Crippen molar-refractivity contribution in [2.45, 2.75) is 12.8 Å². The average Bonchev–Trinajstić information content (AvgIpc) is 3.69. The Morgan fingerprint density at radius 3 is 1.39 bits per heavy atom. The molecule has 1 heterocycles. The Morgan fingerprint density at radius 2 is 1.06 bits per heavy atom. The molecule has 0 atom stereocenters. The summed E-state index contributed by atoms with van der Waals surface area (Å²) in [5.41, 5.74) is 0. The van der Waals surface area contributed by atoms with E-state index in [9.17, 15) is 9.90 Å². The molecule has 1 saturated heterocycles. The minimum Gasteiger partial charge on any atom is -0.396 e. The summed E-state index contributed by atoms with van der Waals surface area (Å²) in [6.45, 7) is 3.80. The first-order valence-electron chi connectivity index (χ1n) is 12.1. The molecule has 36 heavy (non-hydrogen) atoms. The van der Waals surface area contributed by atoms with Crippen molar-refractivity contribution < 1.29 is 44.0 Å². The van der Waals surface area contributed by atoms with Gasteiger partial charge in [-0.2, -0.15) is 0 Å². The van der Waals surface area contributed by atoms with Crippen LogP contribution in [-0.2, 0) is 38.9 Å². The van der Waals surface area contributed by atoms with Crippen LogP contribution in [0.25, 0.3) is 0 Å².